The summed E-state index contributed by atoms with van der Waals surface area (Å²) in [7, 11) is 0. The molecule has 0 aliphatic heterocycles. The van der Waals surface area contributed by atoms with Crippen LogP contribution >= 0.6 is 50.7 Å². The van der Waals surface area contributed by atoms with Gasteiger partial charge >= 0.3 is 18.4 Å². The summed E-state index contributed by atoms with van der Waals surface area (Å²) in [6, 6.07) is 8.20. The summed E-state index contributed by atoms with van der Waals surface area (Å²) in [5.74, 6) is -7.02. The number of nitrogens with zero attached hydrogens (tertiary/aromatic N) is 1. The van der Waals surface area contributed by atoms with Crippen molar-refractivity contribution in [3.8, 4) is 0 Å². The Morgan fingerprint density at radius 3 is 1.96 bits per heavy atom. The molecule has 0 bridgehead atoms. The lowest BCUT2D eigenvalue weighted by atomic mass is 10.0. The molecule has 0 radical (unpaired) electrons. The number of amides is 4. The lowest BCUT2D eigenvalue weighted by Gasteiger charge is -2.29. The van der Waals surface area contributed by atoms with E-state index < -0.39 is 86.1 Å². The third-order valence-corrected chi connectivity index (χ3v) is 8.84. The number of rotatable bonds is 6. The molecule has 4 amide bonds. The maximum atomic E-state index is 16.0. The van der Waals surface area contributed by atoms with Gasteiger partial charge in [0.1, 0.15) is 21.2 Å². The van der Waals surface area contributed by atoms with Gasteiger partial charge in [-0.3, -0.25) is 9.59 Å². The number of anilines is 3. The summed E-state index contributed by atoms with van der Waals surface area (Å²) < 4.78 is 80.1. The van der Waals surface area contributed by atoms with Gasteiger partial charge in [0.25, 0.3) is 5.91 Å². The first-order valence-electron chi connectivity index (χ1n) is 15.1. The lowest BCUT2D eigenvalue weighted by molar-refractivity contribution is -0.137. The Kier molecular flexibility index (Phi) is 11.6. The molecule has 4 rings (SSSR count). The fraction of sp³-hybridized carbons (Fsp3) is 0.353. The summed E-state index contributed by atoms with van der Waals surface area (Å²) in [5.41, 5.74) is -5.56. The topological polar surface area (TPSA) is 114 Å². The molecule has 2 unspecified atom stereocenters. The van der Waals surface area contributed by atoms with Crippen LogP contribution in [0.3, 0.4) is 0 Å². The molecular formula is C34H30BrCl3F5N3O6. The molecule has 18 heteroatoms. The van der Waals surface area contributed by atoms with Gasteiger partial charge in [-0.15, -0.1) is 23.2 Å². The standard InChI is InChI=1S/C34H30BrCl3F5N3O6/c1-31(2,3)51-29(49)46(30(50)52-32(4,5)6)26-21(39)9-10-22(25(26)40)45-27(47)19-14-18(7-8-20(19)36)44-28(48)24-23(33(24,37)38)15-11-16(34(41,42)43)13-17(35)12-15/h7-14,23-24H,1-6H3,(H,44,48)(H,45,47). The summed E-state index contributed by atoms with van der Waals surface area (Å²) in [6.45, 7) is 8.76. The fourth-order valence-corrected chi connectivity index (χ4v) is 6.47. The van der Waals surface area contributed by atoms with Crippen molar-refractivity contribution in [1.29, 1.82) is 0 Å². The van der Waals surface area contributed by atoms with E-state index in [1.54, 1.807) is 0 Å². The third kappa shape index (κ3) is 9.46. The Hall–Kier alpha value is -3.66. The van der Waals surface area contributed by atoms with Crippen LogP contribution in [-0.4, -0.2) is 39.5 Å². The molecule has 3 aromatic carbocycles. The van der Waals surface area contributed by atoms with Crippen molar-refractivity contribution in [3.05, 3.63) is 86.4 Å². The number of hydrogen-bond acceptors (Lipinski definition) is 6. The predicted octanol–water partition coefficient (Wildman–Crippen LogP) is 10.9. The second kappa shape index (κ2) is 14.6. The van der Waals surface area contributed by atoms with E-state index in [0.29, 0.717) is 6.07 Å². The van der Waals surface area contributed by atoms with Crippen LogP contribution in [0.15, 0.2) is 53.0 Å². The first kappa shape index (κ1) is 41.1. The number of carbonyl (C=O) groups is 4. The van der Waals surface area contributed by atoms with Crippen LogP contribution in [0, 0.1) is 17.6 Å². The van der Waals surface area contributed by atoms with Crippen molar-refractivity contribution in [3.63, 3.8) is 0 Å². The lowest BCUT2D eigenvalue weighted by Crippen LogP contribution is -2.44. The Morgan fingerprint density at radius 1 is 0.846 bits per heavy atom. The van der Waals surface area contributed by atoms with Crippen LogP contribution in [0.1, 0.15) is 68.9 Å². The number of hydrogen-bond donors (Lipinski definition) is 2. The average Bonchev–Trinajstić information content (AvgIpc) is 3.56. The van der Waals surface area contributed by atoms with E-state index in [9.17, 15) is 32.3 Å². The molecule has 280 valence electrons. The van der Waals surface area contributed by atoms with E-state index in [-0.39, 0.29) is 31.2 Å². The van der Waals surface area contributed by atoms with Gasteiger partial charge in [0.15, 0.2) is 11.6 Å². The van der Waals surface area contributed by atoms with E-state index >= 15 is 8.78 Å². The molecule has 2 N–H and O–H groups in total. The summed E-state index contributed by atoms with van der Waals surface area (Å²) in [4.78, 5) is 52.7. The Bertz CT molecular complexity index is 1920. The summed E-state index contributed by atoms with van der Waals surface area (Å²) >= 11 is 22.0. The highest BCUT2D eigenvalue weighted by Gasteiger charge is 2.67. The zero-order valence-electron chi connectivity index (χ0n) is 28.1. The van der Waals surface area contributed by atoms with E-state index in [1.165, 1.54) is 59.7 Å². The van der Waals surface area contributed by atoms with E-state index in [2.05, 4.69) is 26.6 Å². The molecule has 2 atom stereocenters. The molecule has 52 heavy (non-hydrogen) atoms. The van der Waals surface area contributed by atoms with E-state index in [0.717, 1.165) is 24.3 Å². The molecule has 0 saturated heterocycles. The molecule has 1 fully saturated rings. The molecule has 1 saturated carbocycles. The van der Waals surface area contributed by atoms with Crippen molar-refractivity contribution in [2.45, 2.75) is 69.2 Å². The minimum atomic E-state index is -4.68. The van der Waals surface area contributed by atoms with Crippen molar-refractivity contribution < 1.29 is 50.6 Å². The highest BCUT2D eigenvalue weighted by molar-refractivity contribution is 9.10. The van der Waals surface area contributed by atoms with E-state index in [4.69, 9.17) is 44.3 Å². The summed E-state index contributed by atoms with van der Waals surface area (Å²) in [5, 5.41) is 4.52. The first-order valence-corrected chi connectivity index (χ1v) is 17.1. The van der Waals surface area contributed by atoms with Crippen LogP contribution < -0.4 is 15.5 Å². The molecule has 9 nitrogen and oxygen atoms in total. The maximum absolute atomic E-state index is 16.0. The Balaban J connectivity index is 1.60. The summed E-state index contributed by atoms with van der Waals surface area (Å²) in [6.07, 6.45) is -7.61. The van der Waals surface area contributed by atoms with Crippen LogP contribution in [-0.2, 0) is 20.4 Å². The largest absolute Gasteiger partial charge is 0.443 e. The fourth-order valence-electron chi connectivity index (χ4n) is 4.92. The van der Waals surface area contributed by atoms with Gasteiger partial charge in [0, 0.05) is 16.1 Å². The van der Waals surface area contributed by atoms with Crippen molar-refractivity contribution >= 4 is 91.8 Å². The van der Waals surface area contributed by atoms with Crippen LogP contribution in [0.25, 0.3) is 0 Å². The van der Waals surface area contributed by atoms with Crippen LogP contribution in [0.2, 0.25) is 5.02 Å². The van der Waals surface area contributed by atoms with E-state index in [1.807, 2.05) is 0 Å². The number of alkyl halides is 5. The van der Waals surface area contributed by atoms with Gasteiger partial charge in [0.2, 0.25) is 5.91 Å². The second-order valence-electron chi connectivity index (χ2n) is 13.6. The van der Waals surface area contributed by atoms with Gasteiger partial charge in [0.05, 0.1) is 27.8 Å². The molecule has 0 spiro atoms. The molecule has 1 aliphatic carbocycles. The average molecular weight is 858 g/mol. The van der Waals surface area contributed by atoms with Crippen molar-refractivity contribution in [2.75, 3.05) is 15.5 Å². The van der Waals surface area contributed by atoms with Gasteiger partial charge in [-0.25, -0.2) is 18.4 Å². The second-order valence-corrected chi connectivity index (χ2v) is 16.4. The number of imide groups is 1. The highest BCUT2D eigenvalue weighted by Crippen LogP contribution is 2.65. The quantitative estimate of drug-likeness (QED) is 0.189. The molecule has 1 aliphatic rings. The predicted molar refractivity (Wildman–Crippen MR) is 189 cm³/mol. The third-order valence-electron chi connectivity index (χ3n) is 7.11. The number of ether oxygens (including phenoxy) is 2. The van der Waals surface area contributed by atoms with Gasteiger partial charge in [-0.2, -0.15) is 18.1 Å². The monoisotopic (exact) mass is 855 g/mol. The SMILES string of the molecule is CC(C)(C)OC(=O)N(C(=O)OC(C)(C)C)c1c(F)ccc(NC(=O)c2cc(NC(=O)C3C(c4cc(Br)cc(C(F)(F)F)c4)C3(Cl)Cl)ccc2Cl)c1F. The molecular weight excluding hydrogens is 828 g/mol. The van der Waals surface area contributed by atoms with Crippen LogP contribution in [0.4, 0.5) is 48.6 Å². The highest BCUT2D eigenvalue weighted by atomic mass is 79.9. The zero-order chi connectivity index (χ0) is 39.3. The Labute approximate surface area is 318 Å². The van der Waals surface area contributed by atoms with Crippen molar-refractivity contribution in [2.24, 2.45) is 5.92 Å². The smallest absolute Gasteiger partial charge is 0.424 e. The van der Waals surface area contributed by atoms with Crippen molar-refractivity contribution in [1.82, 2.24) is 0 Å². The zero-order valence-corrected chi connectivity index (χ0v) is 31.9. The van der Waals surface area contributed by atoms with Gasteiger partial charge in [-0.1, -0.05) is 27.5 Å². The van der Waals surface area contributed by atoms with Gasteiger partial charge < -0.3 is 20.1 Å². The number of halogens is 9. The molecule has 0 aromatic heterocycles. The van der Waals surface area contributed by atoms with Gasteiger partial charge in [-0.05, 0) is 95.6 Å². The maximum Gasteiger partial charge on any atom is 0.424 e. The van der Waals surface area contributed by atoms with Crippen LogP contribution in [0.5, 0.6) is 0 Å². The Morgan fingerprint density at radius 2 is 1.42 bits per heavy atom. The number of carbonyl (C=O) groups excluding carboxylic acids is 4. The molecule has 0 heterocycles. The minimum absolute atomic E-state index is 0.0247. The minimum Gasteiger partial charge on any atom is -0.443 e. The number of nitrogens with one attached hydrogen (secondary N) is 2. The normalized spacial score (nSPS) is 16.8. The first-order chi connectivity index (χ1) is 23.7. The molecule has 3 aromatic rings. The number of benzene rings is 3.